The molecule has 0 bridgehead atoms. The van der Waals surface area contributed by atoms with E-state index in [2.05, 4.69) is 11.1 Å². The molecule has 0 saturated heterocycles. The quantitative estimate of drug-likeness (QED) is 0.675. The molecule has 0 aliphatic heterocycles. The Morgan fingerprint density at radius 3 is 2.55 bits per heavy atom. The number of hydrogen-bond acceptors (Lipinski definition) is 3. The topological polar surface area (TPSA) is 54.8 Å². The van der Waals surface area contributed by atoms with E-state index in [9.17, 15) is 0 Å². The van der Waals surface area contributed by atoms with Gasteiger partial charge in [-0.1, -0.05) is 0 Å². The number of nitriles is 1. The van der Waals surface area contributed by atoms with E-state index in [1.807, 2.05) is 44.5 Å². The molecule has 1 aromatic carbocycles. The molecule has 0 aliphatic carbocycles. The molecule has 100 valence electrons. The van der Waals surface area contributed by atoms with Crippen LogP contribution in [0, 0.1) is 32.1 Å². The molecule has 0 aliphatic rings. The van der Waals surface area contributed by atoms with Gasteiger partial charge in [-0.2, -0.15) is 5.26 Å². The van der Waals surface area contributed by atoms with Crippen molar-refractivity contribution < 1.29 is 4.42 Å². The van der Waals surface area contributed by atoms with Crippen molar-refractivity contribution in [3.8, 4) is 17.5 Å². The molecular formula is C16H15N3O. The van der Waals surface area contributed by atoms with Gasteiger partial charge in [0.2, 0.25) is 0 Å². The van der Waals surface area contributed by atoms with Crippen molar-refractivity contribution in [1.29, 1.82) is 5.26 Å². The Balaban J connectivity index is 2.33. The van der Waals surface area contributed by atoms with Crippen LogP contribution >= 0.6 is 0 Å². The second-order valence-corrected chi connectivity index (χ2v) is 5.02. The number of imidazole rings is 1. The molecule has 0 N–H and O–H groups in total. The summed E-state index contributed by atoms with van der Waals surface area (Å²) in [5, 5.41) is 9.01. The van der Waals surface area contributed by atoms with Crippen molar-refractivity contribution in [3.63, 3.8) is 0 Å². The third-order valence-corrected chi connectivity index (χ3v) is 3.79. The molecule has 2 heterocycles. The number of fused-ring (bicyclic) bond motifs is 1. The molecule has 0 amide bonds. The minimum atomic E-state index is 0.642. The fourth-order valence-corrected chi connectivity index (χ4v) is 2.61. The highest BCUT2D eigenvalue weighted by molar-refractivity contribution is 5.82. The van der Waals surface area contributed by atoms with Crippen LogP contribution in [0.1, 0.15) is 22.6 Å². The first-order valence-electron chi connectivity index (χ1n) is 6.46. The van der Waals surface area contributed by atoms with Crippen molar-refractivity contribution in [2.75, 3.05) is 0 Å². The molecule has 0 fully saturated rings. The van der Waals surface area contributed by atoms with Crippen LogP contribution in [0.5, 0.6) is 0 Å². The molecule has 0 atom stereocenters. The second-order valence-electron chi connectivity index (χ2n) is 5.02. The van der Waals surface area contributed by atoms with Crippen LogP contribution in [-0.4, -0.2) is 9.55 Å². The van der Waals surface area contributed by atoms with Crippen molar-refractivity contribution in [2.45, 2.75) is 20.8 Å². The molecule has 2 aromatic heterocycles. The minimum absolute atomic E-state index is 0.642. The zero-order valence-electron chi connectivity index (χ0n) is 12.0. The standard InChI is InChI=1S/C16H15N3O/c1-9-10(2)20-11(3)15(9)16-18-13-6-5-12(8-17)7-14(13)19(16)4/h5-7H,1-4H3. The third kappa shape index (κ3) is 1.64. The van der Waals surface area contributed by atoms with Crippen LogP contribution in [0.2, 0.25) is 0 Å². The first kappa shape index (κ1) is 12.5. The summed E-state index contributed by atoms with van der Waals surface area (Å²) in [7, 11) is 1.97. The number of aryl methyl sites for hydroxylation is 3. The summed E-state index contributed by atoms with van der Waals surface area (Å²) >= 11 is 0. The molecule has 4 nitrogen and oxygen atoms in total. The number of hydrogen-bond donors (Lipinski definition) is 0. The summed E-state index contributed by atoms with van der Waals surface area (Å²) in [5.41, 5.74) is 4.64. The SMILES string of the molecule is Cc1oc(C)c(-c2nc3ccc(C#N)cc3n2C)c1C. The number of rotatable bonds is 1. The highest BCUT2D eigenvalue weighted by Crippen LogP contribution is 2.32. The average molecular weight is 265 g/mol. The van der Waals surface area contributed by atoms with E-state index in [-0.39, 0.29) is 0 Å². The van der Waals surface area contributed by atoms with Gasteiger partial charge < -0.3 is 8.98 Å². The van der Waals surface area contributed by atoms with E-state index in [0.717, 1.165) is 39.5 Å². The number of nitrogens with zero attached hydrogens (tertiary/aromatic N) is 3. The molecule has 0 unspecified atom stereocenters. The van der Waals surface area contributed by atoms with Gasteiger partial charge in [0.1, 0.15) is 17.3 Å². The van der Waals surface area contributed by atoms with E-state index in [4.69, 9.17) is 9.68 Å². The van der Waals surface area contributed by atoms with Crippen molar-refractivity contribution in [1.82, 2.24) is 9.55 Å². The van der Waals surface area contributed by atoms with Gasteiger partial charge in [-0.15, -0.1) is 0 Å². The van der Waals surface area contributed by atoms with Crippen LogP contribution in [0.25, 0.3) is 22.4 Å². The lowest BCUT2D eigenvalue weighted by atomic mass is 10.1. The summed E-state index contributed by atoms with van der Waals surface area (Å²) in [4.78, 5) is 4.69. The molecular weight excluding hydrogens is 250 g/mol. The lowest BCUT2D eigenvalue weighted by molar-refractivity contribution is 0.503. The molecule has 3 rings (SSSR count). The summed E-state index contributed by atoms with van der Waals surface area (Å²) < 4.78 is 7.70. The van der Waals surface area contributed by atoms with Crippen LogP contribution in [-0.2, 0) is 7.05 Å². The highest BCUT2D eigenvalue weighted by Gasteiger charge is 2.19. The van der Waals surface area contributed by atoms with Gasteiger partial charge >= 0.3 is 0 Å². The normalized spacial score (nSPS) is 10.9. The Morgan fingerprint density at radius 1 is 1.20 bits per heavy atom. The van der Waals surface area contributed by atoms with Gasteiger partial charge in [-0.05, 0) is 39.0 Å². The van der Waals surface area contributed by atoms with Gasteiger partial charge in [0.25, 0.3) is 0 Å². The summed E-state index contributed by atoms with van der Waals surface area (Å²) in [6.07, 6.45) is 0. The Morgan fingerprint density at radius 2 is 1.95 bits per heavy atom. The summed E-state index contributed by atoms with van der Waals surface area (Å²) in [5.74, 6) is 2.67. The average Bonchev–Trinajstić information content (AvgIpc) is 2.87. The van der Waals surface area contributed by atoms with Crippen LogP contribution < -0.4 is 0 Å². The zero-order valence-corrected chi connectivity index (χ0v) is 12.0. The fourth-order valence-electron chi connectivity index (χ4n) is 2.61. The number of benzene rings is 1. The molecule has 0 spiro atoms. The number of furan rings is 1. The smallest absolute Gasteiger partial charge is 0.144 e. The van der Waals surface area contributed by atoms with Crippen molar-refractivity contribution in [3.05, 3.63) is 40.8 Å². The fraction of sp³-hybridized carbons (Fsp3) is 0.250. The first-order valence-corrected chi connectivity index (χ1v) is 6.46. The Hall–Kier alpha value is -2.54. The van der Waals surface area contributed by atoms with Gasteiger partial charge in [0, 0.05) is 12.6 Å². The second kappa shape index (κ2) is 4.24. The molecule has 0 saturated carbocycles. The van der Waals surface area contributed by atoms with E-state index in [1.54, 1.807) is 6.07 Å². The maximum Gasteiger partial charge on any atom is 0.144 e. The Bertz CT molecular complexity index is 862. The van der Waals surface area contributed by atoms with Crippen LogP contribution in [0.15, 0.2) is 22.6 Å². The summed E-state index contributed by atoms with van der Waals surface area (Å²) in [6, 6.07) is 7.70. The molecule has 0 radical (unpaired) electrons. The zero-order chi connectivity index (χ0) is 14.4. The molecule has 4 heteroatoms. The Labute approximate surface area is 117 Å². The predicted molar refractivity (Wildman–Crippen MR) is 77.3 cm³/mol. The van der Waals surface area contributed by atoms with E-state index in [0.29, 0.717) is 5.56 Å². The molecule has 3 aromatic rings. The van der Waals surface area contributed by atoms with E-state index < -0.39 is 0 Å². The van der Waals surface area contributed by atoms with Crippen LogP contribution in [0.4, 0.5) is 0 Å². The van der Waals surface area contributed by atoms with E-state index >= 15 is 0 Å². The third-order valence-electron chi connectivity index (χ3n) is 3.79. The van der Waals surface area contributed by atoms with Gasteiger partial charge in [0.15, 0.2) is 0 Å². The Kier molecular flexibility index (Phi) is 2.65. The van der Waals surface area contributed by atoms with Crippen molar-refractivity contribution in [2.24, 2.45) is 7.05 Å². The minimum Gasteiger partial charge on any atom is -0.466 e. The van der Waals surface area contributed by atoms with Gasteiger partial charge in [-0.3, -0.25) is 0 Å². The van der Waals surface area contributed by atoms with Crippen molar-refractivity contribution >= 4 is 11.0 Å². The predicted octanol–water partition coefficient (Wildman–Crippen LogP) is 3.63. The van der Waals surface area contributed by atoms with Gasteiger partial charge in [0.05, 0.1) is 28.2 Å². The summed E-state index contributed by atoms with van der Waals surface area (Å²) in [6.45, 7) is 5.96. The maximum absolute atomic E-state index is 9.01. The lowest BCUT2D eigenvalue weighted by Gasteiger charge is -2.02. The highest BCUT2D eigenvalue weighted by atomic mass is 16.3. The molecule has 20 heavy (non-hydrogen) atoms. The first-order chi connectivity index (χ1) is 9.52. The van der Waals surface area contributed by atoms with E-state index in [1.165, 1.54) is 0 Å². The number of aromatic nitrogens is 2. The largest absolute Gasteiger partial charge is 0.466 e. The lowest BCUT2D eigenvalue weighted by Crippen LogP contribution is -1.94. The van der Waals surface area contributed by atoms with Crippen LogP contribution in [0.3, 0.4) is 0 Å². The van der Waals surface area contributed by atoms with Gasteiger partial charge in [-0.25, -0.2) is 4.98 Å². The maximum atomic E-state index is 9.01. The monoisotopic (exact) mass is 265 g/mol.